The Kier molecular flexibility index (Phi) is 4.18. The number of carbonyl (C=O) groups excluding carboxylic acids is 1. The number of nitrogens with one attached hydrogen (secondary N) is 3. The van der Waals surface area contributed by atoms with Crippen molar-refractivity contribution in [1.82, 2.24) is 15.5 Å². The molecule has 0 aliphatic rings. The minimum atomic E-state index is -0.103. The molecule has 19 heavy (non-hydrogen) atoms. The Hall–Kier alpha value is -2.30. The molecule has 0 saturated carbocycles. The Morgan fingerprint density at radius 2 is 2.11 bits per heavy atom. The number of para-hydroxylation sites is 1. The first-order chi connectivity index (χ1) is 9.16. The predicted octanol–water partition coefficient (Wildman–Crippen LogP) is 1.95. The molecule has 0 radical (unpaired) electrons. The number of rotatable bonds is 5. The highest BCUT2D eigenvalue weighted by molar-refractivity contribution is 5.95. The molecule has 100 valence electrons. The van der Waals surface area contributed by atoms with Crippen LogP contribution in [-0.2, 0) is 0 Å². The van der Waals surface area contributed by atoms with Crippen molar-refractivity contribution in [3.05, 3.63) is 47.8 Å². The Bertz CT molecular complexity index is 535. The number of carbonyl (C=O) groups is 1. The molecule has 1 aromatic carbocycles. The minimum absolute atomic E-state index is 0.0296. The summed E-state index contributed by atoms with van der Waals surface area (Å²) in [5, 5.41) is 12.8. The summed E-state index contributed by atoms with van der Waals surface area (Å²) in [7, 11) is 0. The van der Waals surface area contributed by atoms with E-state index in [0.717, 1.165) is 11.4 Å². The van der Waals surface area contributed by atoms with Crippen molar-refractivity contribution in [2.75, 3.05) is 11.9 Å². The van der Waals surface area contributed by atoms with Crippen molar-refractivity contribution < 1.29 is 4.79 Å². The smallest absolute Gasteiger partial charge is 0.255 e. The van der Waals surface area contributed by atoms with E-state index in [2.05, 4.69) is 20.8 Å². The predicted molar refractivity (Wildman–Crippen MR) is 75.2 cm³/mol. The summed E-state index contributed by atoms with van der Waals surface area (Å²) in [6.07, 6.45) is 1.54. The summed E-state index contributed by atoms with van der Waals surface area (Å²) >= 11 is 0. The Morgan fingerprint density at radius 1 is 1.37 bits per heavy atom. The molecule has 3 N–H and O–H groups in total. The van der Waals surface area contributed by atoms with Crippen LogP contribution in [-0.4, -0.2) is 28.7 Å². The molecule has 1 heterocycles. The van der Waals surface area contributed by atoms with Crippen LogP contribution in [0, 0.1) is 6.92 Å². The number of aromatic nitrogens is 2. The van der Waals surface area contributed by atoms with Crippen molar-refractivity contribution >= 4 is 11.6 Å². The molecule has 0 spiro atoms. The molecule has 0 fully saturated rings. The van der Waals surface area contributed by atoms with Gasteiger partial charge in [0.2, 0.25) is 0 Å². The lowest BCUT2D eigenvalue weighted by Gasteiger charge is -2.15. The molecule has 1 atom stereocenters. The van der Waals surface area contributed by atoms with Crippen LogP contribution in [0.3, 0.4) is 0 Å². The monoisotopic (exact) mass is 258 g/mol. The van der Waals surface area contributed by atoms with Crippen LogP contribution in [0.15, 0.2) is 36.5 Å². The van der Waals surface area contributed by atoms with Crippen molar-refractivity contribution in [3.8, 4) is 0 Å². The third-order valence-corrected chi connectivity index (χ3v) is 2.84. The molecule has 2 rings (SSSR count). The second-order valence-electron chi connectivity index (χ2n) is 4.53. The molecule has 0 unspecified atom stereocenters. The molecule has 1 amide bonds. The van der Waals surface area contributed by atoms with Crippen molar-refractivity contribution in [2.24, 2.45) is 0 Å². The van der Waals surface area contributed by atoms with Crippen LogP contribution in [0.1, 0.15) is 23.0 Å². The van der Waals surface area contributed by atoms with Gasteiger partial charge in [-0.05, 0) is 26.0 Å². The van der Waals surface area contributed by atoms with Gasteiger partial charge in [0.15, 0.2) is 0 Å². The van der Waals surface area contributed by atoms with E-state index >= 15 is 0 Å². The first-order valence-corrected chi connectivity index (χ1v) is 6.26. The number of hydrogen-bond acceptors (Lipinski definition) is 3. The van der Waals surface area contributed by atoms with Gasteiger partial charge in [0.1, 0.15) is 0 Å². The van der Waals surface area contributed by atoms with Crippen LogP contribution in [0.2, 0.25) is 0 Å². The number of aryl methyl sites for hydroxylation is 1. The van der Waals surface area contributed by atoms with E-state index in [1.807, 2.05) is 44.2 Å². The maximum Gasteiger partial charge on any atom is 0.255 e. The highest BCUT2D eigenvalue weighted by Crippen LogP contribution is 2.05. The lowest BCUT2D eigenvalue weighted by molar-refractivity contribution is 0.0941. The van der Waals surface area contributed by atoms with Gasteiger partial charge in [-0.2, -0.15) is 5.10 Å². The summed E-state index contributed by atoms with van der Waals surface area (Å²) < 4.78 is 0. The van der Waals surface area contributed by atoms with Crippen molar-refractivity contribution in [2.45, 2.75) is 19.9 Å². The summed E-state index contributed by atoms with van der Waals surface area (Å²) in [6, 6.07) is 9.93. The molecular weight excluding hydrogens is 240 g/mol. The molecule has 0 saturated heterocycles. The van der Waals surface area contributed by atoms with Crippen LogP contribution >= 0.6 is 0 Å². The van der Waals surface area contributed by atoms with Crippen LogP contribution < -0.4 is 10.6 Å². The molecule has 0 aliphatic carbocycles. The van der Waals surface area contributed by atoms with Crippen molar-refractivity contribution in [1.29, 1.82) is 0 Å². The molecule has 0 bridgehead atoms. The lowest BCUT2D eigenvalue weighted by Crippen LogP contribution is -2.37. The van der Waals surface area contributed by atoms with Gasteiger partial charge in [0.25, 0.3) is 5.91 Å². The fraction of sp³-hybridized carbons (Fsp3) is 0.286. The van der Waals surface area contributed by atoms with Gasteiger partial charge in [-0.1, -0.05) is 18.2 Å². The Balaban J connectivity index is 1.83. The normalized spacial score (nSPS) is 11.9. The van der Waals surface area contributed by atoms with Gasteiger partial charge in [-0.25, -0.2) is 0 Å². The van der Waals surface area contributed by atoms with E-state index in [-0.39, 0.29) is 11.9 Å². The lowest BCUT2D eigenvalue weighted by atomic mass is 10.2. The van der Waals surface area contributed by atoms with Gasteiger partial charge in [0.05, 0.1) is 11.8 Å². The molecule has 5 heteroatoms. The number of amides is 1. The number of aromatic amines is 1. The van der Waals surface area contributed by atoms with E-state index in [1.165, 1.54) is 0 Å². The zero-order valence-electron chi connectivity index (χ0n) is 11.1. The second kappa shape index (κ2) is 6.04. The van der Waals surface area contributed by atoms with E-state index < -0.39 is 0 Å². The fourth-order valence-electron chi connectivity index (χ4n) is 1.76. The zero-order chi connectivity index (χ0) is 13.7. The van der Waals surface area contributed by atoms with Crippen molar-refractivity contribution in [3.63, 3.8) is 0 Å². The fourth-order valence-corrected chi connectivity index (χ4v) is 1.76. The average molecular weight is 258 g/mol. The van der Waals surface area contributed by atoms with Crippen LogP contribution in [0.5, 0.6) is 0 Å². The zero-order valence-corrected chi connectivity index (χ0v) is 11.1. The average Bonchev–Trinajstić information content (AvgIpc) is 2.84. The SMILES string of the molecule is Cc1[nH]ncc1C(=O)N[C@H](C)CNc1ccccc1. The maximum atomic E-state index is 11.9. The van der Waals surface area contributed by atoms with Gasteiger partial charge < -0.3 is 10.6 Å². The van der Waals surface area contributed by atoms with E-state index in [1.54, 1.807) is 6.20 Å². The first-order valence-electron chi connectivity index (χ1n) is 6.26. The largest absolute Gasteiger partial charge is 0.383 e. The molecular formula is C14H18N4O. The second-order valence-corrected chi connectivity index (χ2v) is 4.53. The van der Waals surface area contributed by atoms with Gasteiger partial charge in [-0.15, -0.1) is 0 Å². The third kappa shape index (κ3) is 3.58. The summed E-state index contributed by atoms with van der Waals surface area (Å²) in [5.41, 5.74) is 2.41. The molecule has 0 aliphatic heterocycles. The number of H-pyrrole nitrogens is 1. The van der Waals surface area contributed by atoms with E-state index in [9.17, 15) is 4.79 Å². The van der Waals surface area contributed by atoms with Gasteiger partial charge >= 0.3 is 0 Å². The van der Waals surface area contributed by atoms with Crippen LogP contribution in [0.25, 0.3) is 0 Å². The standard InChI is InChI=1S/C14H18N4O/c1-10(8-15-12-6-4-3-5-7-12)17-14(19)13-9-16-18-11(13)2/h3-7,9-10,15H,8H2,1-2H3,(H,16,18)(H,17,19)/t10-/m1/s1. The summed E-state index contributed by atoms with van der Waals surface area (Å²) in [5.74, 6) is -0.103. The molecule has 5 nitrogen and oxygen atoms in total. The number of benzene rings is 1. The highest BCUT2D eigenvalue weighted by atomic mass is 16.1. The Morgan fingerprint density at radius 3 is 2.74 bits per heavy atom. The summed E-state index contributed by atoms with van der Waals surface area (Å²) in [6.45, 7) is 4.46. The quantitative estimate of drug-likeness (QED) is 0.767. The van der Waals surface area contributed by atoms with E-state index in [4.69, 9.17) is 0 Å². The summed E-state index contributed by atoms with van der Waals surface area (Å²) in [4.78, 5) is 11.9. The molecule has 1 aromatic heterocycles. The molecule has 2 aromatic rings. The first kappa shape index (κ1) is 13.1. The van der Waals surface area contributed by atoms with Gasteiger partial charge in [-0.3, -0.25) is 9.89 Å². The topological polar surface area (TPSA) is 69.8 Å². The third-order valence-electron chi connectivity index (χ3n) is 2.84. The van der Waals surface area contributed by atoms with Gasteiger partial charge in [0, 0.05) is 24.0 Å². The van der Waals surface area contributed by atoms with Crippen LogP contribution in [0.4, 0.5) is 5.69 Å². The Labute approximate surface area is 112 Å². The maximum absolute atomic E-state index is 11.9. The highest BCUT2D eigenvalue weighted by Gasteiger charge is 2.13. The number of hydrogen-bond donors (Lipinski definition) is 3. The van der Waals surface area contributed by atoms with E-state index in [0.29, 0.717) is 12.1 Å². The minimum Gasteiger partial charge on any atom is -0.383 e. The number of anilines is 1. The number of nitrogens with zero attached hydrogens (tertiary/aromatic N) is 1.